The zero-order chi connectivity index (χ0) is 22.4. The molecule has 2 aromatic heterocycles. The Labute approximate surface area is 173 Å². The molecule has 1 atom stereocenters. The van der Waals surface area contributed by atoms with Crippen molar-refractivity contribution < 1.29 is 23.1 Å². The Bertz CT molecular complexity index is 1280. The molecule has 162 valence electrons. The van der Waals surface area contributed by atoms with Crippen molar-refractivity contribution in [1.29, 1.82) is 0 Å². The zero-order valence-electron chi connectivity index (χ0n) is 16.1. The third kappa shape index (κ3) is 3.46. The minimum Gasteiger partial charge on any atom is -0.477 e. The number of hydrogen-bond donors (Lipinski definition) is 3. The first-order chi connectivity index (χ1) is 14.7. The average molecular weight is 433 g/mol. The Balaban J connectivity index is 2.03. The lowest BCUT2D eigenvalue weighted by Crippen LogP contribution is -2.26. The van der Waals surface area contributed by atoms with Crippen LogP contribution in [0.5, 0.6) is 0 Å². The molecular weight excluding hydrogens is 415 g/mol. The van der Waals surface area contributed by atoms with Crippen LogP contribution in [-0.2, 0) is 0 Å². The molecule has 0 radical (unpaired) electrons. The average Bonchev–Trinajstić information content (AvgIpc) is 3.20. The first-order valence-corrected chi connectivity index (χ1v) is 9.40. The van der Waals surface area contributed by atoms with E-state index in [1.807, 2.05) is 0 Å². The molecule has 1 aliphatic rings. The maximum absolute atomic E-state index is 14.9. The fraction of sp³-hybridized carbons (Fsp3) is 0.250. The maximum Gasteiger partial charge on any atom is 0.341 e. The summed E-state index contributed by atoms with van der Waals surface area (Å²) >= 11 is 0. The molecule has 0 amide bonds. The highest BCUT2D eigenvalue weighted by molar-refractivity contribution is 5.92. The molecule has 5 N–H and O–H groups in total. The Morgan fingerprint density at radius 1 is 1.19 bits per heavy atom. The number of carboxylic acids is 1. The van der Waals surface area contributed by atoms with Crippen molar-refractivity contribution in [2.75, 3.05) is 30.3 Å². The van der Waals surface area contributed by atoms with Gasteiger partial charge in [0.2, 0.25) is 5.43 Å². The second-order valence-corrected chi connectivity index (χ2v) is 7.37. The van der Waals surface area contributed by atoms with Crippen LogP contribution in [0.15, 0.2) is 29.2 Å². The van der Waals surface area contributed by atoms with Gasteiger partial charge in [0.05, 0.1) is 16.8 Å². The van der Waals surface area contributed by atoms with Crippen LogP contribution >= 0.6 is 0 Å². The summed E-state index contributed by atoms with van der Waals surface area (Å²) in [5.41, 5.74) is 8.61. The second kappa shape index (κ2) is 7.58. The highest BCUT2D eigenvalue weighted by atomic mass is 19.1. The van der Waals surface area contributed by atoms with Gasteiger partial charge in [-0.05, 0) is 31.0 Å². The molecule has 8 nitrogen and oxygen atoms in total. The number of pyridine rings is 2. The first-order valence-electron chi connectivity index (χ1n) is 9.40. The van der Waals surface area contributed by atoms with Crippen molar-refractivity contribution in [3.63, 3.8) is 0 Å². The van der Waals surface area contributed by atoms with Crippen LogP contribution in [0.1, 0.15) is 16.8 Å². The van der Waals surface area contributed by atoms with Crippen molar-refractivity contribution in [2.45, 2.75) is 6.42 Å². The molecule has 3 aromatic rings. The van der Waals surface area contributed by atoms with E-state index in [9.17, 15) is 27.9 Å². The third-order valence-corrected chi connectivity index (χ3v) is 5.39. The molecule has 1 aliphatic heterocycles. The van der Waals surface area contributed by atoms with E-state index in [-0.39, 0.29) is 28.5 Å². The number of halogens is 3. The molecule has 1 fully saturated rings. The predicted molar refractivity (Wildman–Crippen MR) is 108 cm³/mol. The van der Waals surface area contributed by atoms with Gasteiger partial charge in [-0.25, -0.2) is 22.9 Å². The highest BCUT2D eigenvalue weighted by Crippen LogP contribution is 2.29. The normalized spacial score (nSPS) is 16.3. The van der Waals surface area contributed by atoms with Gasteiger partial charge in [-0.2, -0.15) is 0 Å². The molecule has 3 heterocycles. The molecule has 0 spiro atoms. The SMILES string of the molecule is NCC1CCN(c2nc3c(cc2F)c(=O)c(C(=O)O)cn3-c2cc(N)c(F)cc2F)C1. The van der Waals surface area contributed by atoms with Gasteiger partial charge in [-0.3, -0.25) is 9.36 Å². The van der Waals surface area contributed by atoms with Crippen molar-refractivity contribution in [1.82, 2.24) is 9.55 Å². The summed E-state index contributed by atoms with van der Waals surface area (Å²) in [6.45, 7) is 1.34. The molecular formula is C20H18F3N5O3. The van der Waals surface area contributed by atoms with E-state index < -0.39 is 40.1 Å². The van der Waals surface area contributed by atoms with E-state index in [0.29, 0.717) is 25.7 Å². The Morgan fingerprint density at radius 2 is 1.94 bits per heavy atom. The van der Waals surface area contributed by atoms with Crippen LogP contribution in [-0.4, -0.2) is 40.3 Å². The zero-order valence-corrected chi connectivity index (χ0v) is 16.1. The van der Waals surface area contributed by atoms with Crippen LogP contribution in [0.25, 0.3) is 16.7 Å². The van der Waals surface area contributed by atoms with Crippen LogP contribution in [0.3, 0.4) is 0 Å². The van der Waals surface area contributed by atoms with E-state index in [2.05, 4.69) is 4.98 Å². The number of aromatic nitrogens is 2. The number of carboxylic acid groups (broad SMARTS) is 1. The summed E-state index contributed by atoms with van der Waals surface area (Å²) in [5, 5.41) is 9.03. The fourth-order valence-electron chi connectivity index (χ4n) is 3.73. The number of nitrogens with zero attached hydrogens (tertiary/aromatic N) is 3. The number of anilines is 2. The predicted octanol–water partition coefficient (Wildman–Crippen LogP) is 1.87. The minimum absolute atomic E-state index is 0.0739. The maximum atomic E-state index is 14.9. The lowest BCUT2D eigenvalue weighted by Gasteiger charge is -2.20. The van der Waals surface area contributed by atoms with E-state index in [4.69, 9.17) is 11.5 Å². The molecule has 0 saturated carbocycles. The number of carbonyl (C=O) groups is 1. The van der Waals surface area contributed by atoms with Crippen LogP contribution < -0.4 is 21.8 Å². The van der Waals surface area contributed by atoms with E-state index in [0.717, 1.165) is 29.3 Å². The van der Waals surface area contributed by atoms with E-state index in [1.165, 1.54) is 0 Å². The summed E-state index contributed by atoms with van der Waals surface area (Å²) < 4.78 is 44.1. The molecule has 31 heavy (non-hydrogen) atoms. The quantitative estimate of drug-likeness (QED) is 0.536. The van der Waals surface area contributed by atoms with Crippen LogP contribution in [0.2, 0.25) is 0 Å². The fourth-order valence-corrected chi connectivity index (χ4v) is 3.73. The van der Waals surface area contributed by atoms with Crippen molar-refractivity contribution in [3.8, 4) is 5.69 Å². The monoisotopic (exact) mass is 433 g/mol. The third-order valence-electron chi connectivity index (χ3n) is 5.39. The number of nitrogen functional groups attached to an aromatic ring is 1. The van der Waals surface area contributed by atoms with Gasteiger partial charge in [0, 0.05) is 25.4 Å². The van der Waals surface area contributed by atoms with E-state index >= 15 is 0 Å². The standard InChI is InChI=1S/C20H18F3N5O3/c21-12-4-13(22)16(5-15(12)25)28-8-11(20(30)31)17(29)10-3-14(23)19(26-18(10)28)27-2-1-9(6-24)7-27/h3-5,8-9H,1-2,6-7,24-25H2,(H,30,31). The summed E-state index contributed by atoms with van der Waals surface area (Å²) in [6, 6.07) is 2.36. The van der Waals surface area contributed by atoms with Crippen LogP contribution in [0, 0.1) is 23.4 Å². The number of benzene rings is 1. The second-order valence-electron chi connectivity index (χ2n) is 7.37. The van der Waals surface area contributed by atoms with Gasteiger partial charge in [-0.15, -0.1) is 0 Å². The topological polar surface area (TPSA) is 127 Å². The number of fused-ring (bicyclic) bond motifs is 1. The molecule has 0 aliphatic carbocycles. The molecule has 11 heteroatoms. The van der Waals surface area contributed by atoms with Gasteiger partial charge < -0.3 is 21.5 Å². The summed E-state index contributed by atoms with van der Waals surface area (Å²) in [7, 11) is 0. The Kier molecular flexibility index (Phi) is 5.05. The lowest BCUT2D eigenvalue weighted by molar-refractivity contribution is 0.0695. The van der Waals surface area contributed by atoms with Gasteiger partial charge in [0.15, 0.2) is 17.3 Å². The number of nitrogens with two attached hydrogens (primary N) is 2. The van der Waals surface area contributed by atoms with Crippen LogP contribution in [0.4, 0.5) is 24.7 Å². The lowest BCUT2D eigenvalue weighted by atomic mass is 10.1. The molecule has 0 bridgehead atoms. The van der Waals surface area contributed by atoms with E-state index in [1.54, 1.807) is 4.90 Å². The van der Waals surface area contributed by atoms with Crippen molar-refractivity contribution >= 4 is 28.5 Å². The summed E-state index contributed by atoms with van der Waals surface area (Å²) in [6.07, 6.45) is 1.59. The Morgan fingerprint density at radius 3 is 2.58 bits per heavy atom. The minimum atomic E-state index is -1.59. The number of hydrogen-bond acceptors (Lipinski definition) is 6. The molecule has 1 saturated heterocycles. The summed E-state index contributed by atoms with van der Waals surface area (Å²) in [4.78, 5) is 30.1. The molecule has 1 aromatic carbocycles. The summed E-state index contributed by atoms with van der Waals surface area (Å²) in [5.74, 6) is -4.42. The van der Waals surface area contributed by atoms with Gasteiger partial charge in [0.25, 0.3) is 0 Å². The van der Waals surface area contributed by atoms with Crippen molar-refractivity contribution in [3.05, 3.63) is 57.6 Å². The molecule has 1 unspecified atom stereocenters. The van der Waals surface area contributed by atoms with Gasteiger partial charge in [-0.1, -0.05) is 0 Å². The highest BCUT2D eigenvalue weighted by Gasteiger charge is 2.27. The smallest absolute Gasteiger partial charge is 0.341 e. The van der Waals surface area contributed by atoms with Crippen molar-refractivity contribution in [2.24, 2.45) is 11.7 Å². The first kappa shape index (κ1) is 20.7. The van der Waals surface area contributed by atoms with Gasteiger partial charge in [0.1, 0.15) is 17.2 Å². The molecule has 4 rings (SSSR count). The number of aromatic carboxylic acids is 1. The van der Waals surface area contributed by atoms with Gasteiger partial charge >= 0.3 is 5.97 Å². The number of rotatable bonds is 4. The Hall–Kier alpha value is -3.60. The largest absolute Gasteiger partial charge is 0.477 e.